The monoisotopic (exact) mass is 434 g/mol. The topological polar surface area (TPSA) is 9.23 Å². The first-order chi connectivity index (χ1) is 7.08. The summed E-state index contributed by atoms with van der Waals surface area (Å²) < 4.78 is 4.91. The van der Waals surface area contributed by atoms with Crippen LogP contribution in [0, 0.1) is 12.0 Å². The van der Waals surface area contributed by atoms with Crippen LogP contribution in [-0.2, 0) is 21.2 Å². The molecule has 4 heteroatoms. The Balaban J connectivity index is 0. The van der Waals surface area contributed by atoms with E-state index in [4.69, 9.17) is 23.6 Å². The Bertz CT molecular complexity index is 150. The summed E-state index contributed by atoms with van der Waals surface area (Å²) in [5, 5.41) is 0. The van der Waals surface area contributed by atoms with E-state index in [2.05, 4.69) is 26.8 Å². The molecule has 0 fully saturated rings. The van der Waals surface area contributed by atoms with E-state index in [-0.39, 0.29) is 0 Å². The van der Waals surface area contributed by atoms with Crippen molar-refractivity contribution in [3.05, 3.63) is 11.6 Å². The Morgan fingerprint density at radius 2 is 1.93 bits per heavy atom. The average Bonchev–Trinajstić information content (AvgIpc) is 2.15. The Kier molecular flexibility index (Phi) is 18.3. The second-order valence-electron chi connectivity index (χ2n) is 3.72. The molecule has 0 amide bonds. The molecule has 15 heavy (non-hydrogen) atoms. The van der Waals surface area contributed by atoms with Crippen molar-refractivity contribution in [3.63, 3.8) is 0 Å². The van der Waals surface area contributed by atoms with Crippen molar-refractivity contribution in [1.82, 2.24) is 0 Å². The minimum atomic E-state index is -0.472. The van der Waals surface area contributed by atoms with Gasteiger partial charge in [0.2, 0.25) is 0 Å². The molecule has 0 bridgehead atoms. The molecule has 0 aromatic heterocycles. The normalized spacial score (nSPS) is 11.5. The minimum absolute atomic E-state index is 0.472. The van der Waals surface area contributed by atoms with Gasteiger partial charge in [-0.2, -0.15) is 0 Å². The fourth-order valence-corrected chi connectivity index (χ4v) is 1.06. The van der Waals surface area contributed by atoms with Gasteiger partial charge in [-0.1, -0.05) is 46.6 Å². The Labute approximate surface area is 111 Å². The van der Waals surface area contributed by atoms with E-state index in [9.17, 15) is 0 Å². The number of halogens is 2. The predicted molar refractivity (Wildman–Crippen MR) is 64.7 cm³/mol. The molecule has 96 valence electrons. The number of hydrogen-bond donors (Lipinski definition) is 0. The van der Waals surface area contributed by atoms with E-state index in [0.29, 0.717) is 6.61 Å². The first kappa shape index (κ1) is 18.3. The van der Waals surface area contributed by atoms with Crippen LogP contribution in [0.25, 0.3) is 0 Å². The summed E-state index contributed by atoms with van der Waals surface area (Å²) in [7, 11) is 11.5. The molecule has 0 aromatic carbocycles. The van der Waals surface area contributed by atoms with Gasteiger partial charge in [0.25, 0.3) is 0 Å². The molecule has 0 aliphatic rings. The molecule has 0 aromatic rings. The van der Waals surface area contributed by atoms with Gasteiger partial charge in [0.1, 0.15) is 0 Å². The van der Waals surface area contributed by atoms with Crippen LogP contribution < -0.4 is 0 Å². The molecule has 1 nitrogen and oxygen atoms in total. The summed E-state index contributed by atoms with van der Waals surface area (Å²) in [5.74, 6) is 0.820. The van der Waals surface area contributed by atoms with Crippen LogP contribution in [0.15, 0.2) is 5.57 Å². The molecule has 0 unspecified atom stereocenters. The van der Waals surface area contributed by atoms with Crippen LogP contribution in [-0.4, -0.2) is 13.7 Å². The first-order valence-corrected chi connectivity index (χ1v) is 10.6. The summed E-state index contributed by atoms with van der Waals surface area (Å²) >= 11 is -0.472. The van der Waals surface area contributed by atoms with Gasteiger partial charge in [-0.25, -0.2) is 0 Å². The molecule has 0 aliphatic carbocycles. The fraction of sp³-hybridized carbons (Fsp3) is 0.818. The van der Waals surface area contributed by atoms with Crippen LogP contribution in [0.5, 0.6) is 0 Å². The van der Waals surface area contributed by atoms with E-state index in [0.717, 1.165) is 5.92 Å². The van der Waals surface area contributed by atoms with E-state index >= 15 is 0 Å². The van der Waals surface area contributed by atoms with E-state index in [1.54, 1.807) is 7.11 Å². The van der Waals surface area contributed by atoms with Gasteiger partial charge in [-0.15, -0.1) is 0 Å². The van der Waals surface area contributed by atoms with Crippen LogP contribution in [0.2, 0.25) is 0 Å². The number of allylic oxidation sites excluding steroid dienone is 1. The number of rotatable bonds is 6. The predicted octanol–water partition coefficient (Wildman–Crippen LogP) is 4.59. The van der Waals surface area contributed by atoms with Crippen LogP contribution in [0.3, 0.4) is 0 Å². The van der Waals surface area contributed by atoms with Crippen LogP contribution in [0.1, 0.15) is 40.0 Å². The SMILES string of the molecule is COC[C-]=C(C)CCCC(C)C.[Cl][Pt][Cl]. The molecule has 0 radical (unpaired) electrons. The third-order valence-electron chi connectivity index (χ3n) is 1.85. The zero-order valence-electron chi connectivity index (χ0n) is 9.89. The van der Waals surface area contributed by atoms with Crippen molar-refractivity contribution in [2.45, 2.75) is 40.0 Å². The molecule has 0 spiro atoms. The molecular weight excluding hydrogens is 414 g/mol. The van der Waals surface area contributed by atoms with Crippen molar-refractivity contribution < 1.29 is 21.2 Å². The van der Waals surface area contributed by atoms with Crippen molar-refractivity contribution in [2.75, 3.05) is 13.7 Å². The summed E-state index contributed by atoms with van der Waals surface area (Å²) in [6.45, 7) is 7.28. The maximum absolute atomic E-state index is 4.91. The number of ether oxygens (including phenoxy) is 1. The number of methoxy groups -OCH3 is 1. The standard InChI is InChI=1S/C11H21O.2ClH.Pt/c1-10(2)6-5-7-11(3)8-9-12-4;;;/h10H,5-7,9H2,1-4H3;2*1H;/q-1;;;+2/p-2. The van der Waals surface area contributed by atoms with Crippen molar-refractivity contribution in [1.29, 1.82) is 0 Å². The van der Waals surface area contributed by atoms with Crippen molar-refractivity contribution in [2.24, 2.45) is 5.92 Å². The quantitative estimate of drug-likeness (QED) is 0.555. The molecule has 0 rings (SSSR count). The van der Waals surface area contributed by atoms with Gasteiger partial charge < -0.3 is 10.8 Å². The van der Waals surface area contributed by atoms with E-state index < -0.39 is 16.5 Å². The Morgan fingerprint density at radius 1 is 1.40 bits per heavy atom. The summed E-state index contributed by atoms with van der Waals surface area (Å²) in [5.41, 5.74) is 1.33. The molecule has 0 atom stereocenters. The summed E-state index contributed by atoms with van der Waals surface area (Å²) in [6.07, 6.45) is 6.96. The first-order valence-electron chi connectivity index (χ1n) is 4.96. The second kappa shape index (κ2) is 15.0. The van der Waals surface area contributed by atoms with Gasteiger partial charge in [0.05, 0.1) is 0 Å². The van der Waals surface area contributed by atoms with E-state index in [1.165, 1.54) is 24.8 Å². The van der Waals surface area contributed by atoms with Gasteiger partial charge in [0.15, 0.2) is 0 Å². The molecular formula is C11H21Cl2OPt-. The van der Waals surface area contributed by atoms with Gasteiger partial charge in [-0.05, 0) is 5.92 Å². The average molecular weight is 435 g/mol. The molecule has 0 heterocycles. The second-order valence-corrected chi connectivity index (χ2v) is 7.00. The summed E-state index contributed by atoms with van der Waals surface area (Å²) in [6, 6.07) is 0. The molecule has 0 aliphatic heterocycles. The zero-order valence-corrected chi connectivity index (χ0v) is 13.7. The Hall–Kier alpha value is 0.968. The maximum atomic E-state index is 4.91. The van der Waals surface area contributed by atoms with Gasteiger partial charge >= 0.3 is 35.3 Å². The third kappa shape index (κ3) is 20.9. The van der Waals surface area contributed by atoms with Gasteiger partial charge in [0, 0.05) is 7.11 Å². The third-order valence-corrected chi connectivity index (χ3v) is 1.85. The summed E-state index contributed by atoms with van der Waals surface area (Å²) in [4.78, 5) is 0. The molecule has 0 saturated carbocycles. The van der Waals surface area contributed by atoms with Crippen LogP contribution >= 0.6 is 18.8 Å². The van der Waals surface area contributed by atoms with Crippen molar-refractivity contribution in [3.8, 4) is 0 Å². The van der Waals surface area contributed by atoms with Crippen molar-refractivity contribution >= 4 is 18.8 Å². The fourth-order valence-electron chi connectivity index (χ4n) is 1.06. The molecule has 0 N–H and O–H groups in total. The number of hydrogen-bond acceptors (Lipinski definition) is 1. The van der Waals surface area contributed by atoms with Gasteiger partial charge in [-0.3, -0.25) is 5.57 Å². The Morgan fingerprint density at radius 3 is 2.33 bits per heavy atom. The van der Waals surface area contributed by atoms with E-state index in [1.807, 2.05) is 0 Å². The zero-order chi connectivity index (χ0) is 12.1. The van der Waals surface area contributed by atoms with Crippen LogP contribution in [0.4, 0.5) is 0 Å². The molecule has 0 saturated heterocycles.